The van der Waals surface area contributed by atoms with Gasteiger partial charge in [-0.25, -0.2) is 9.97 Å². The zero-order chi connectivity index (χ0) is 54.9. The van der Waals surface area contributed by atoms with Crippen molar-refractivity contribution in [2.45, 2.75) is 55.3 Å². The summed E-state index contributed by atoms with van der Waals surface area (Å²) in [4.78, 5) is 13.0. The summed E-state index contributed by atoms with van der Waals surface area (Å²) in [7, 11) is 0. The van der Waals surface area contributed by atoms with Gasteiger partial charge < -0.3 is 18.9 Å². The SMILES string of the molecule is c1ccc2c(c1)C13COC45c6c7c8c9c%10c%11c%12c%13c%14c%15c%16c%17c(c%18c6c6c%19c7c7c9c9c%10c%10c%12c%12c%14c%14c%15c%15c%17c%17c%18c6c6c%18c%19c7c7c9c9c%10c%12c%10c%14c%12c%15c%17c6c6c%18c7c9c%10c%126)C46OCC47OC9(c%10ccccc%104)c4nc%10ccccc%10nc4C2(O1)C%11(C835)C%139C%1676. The lowest BCUT2D eigenvalue weighted by atomic mass is 9.17. The molecule has 1 aromatic heterocycles. The molecular formula is C86H16N2O4. The van der Waals surface area contributed by atoms with Gasteiger partial charge in [-0.3, -0.25) is 0 Å². The Morgan fingerprint density at radius 3 is 0.761 bits per heavy atom. The van der Waals surface area contributed by atoms with Crippen molar-refractivity contribution in [1.29, 1.82) is 0 Å². The highest BCUT2D eigenvalue weighted by Crippen LogP contribution is 3.09. The average Bonchev–Trinajstić information content (AvgIpc) is 1.32. The van der Waals surface area contributed by atoms with E-state index in [9.17, 15) is 18.9 Å². The summed E-state index contributed by atoms with van der Waals surface area (Å²) in [6.45, 7) is 0.807. The van der Waals surface area contributed by atoms with Crippen LogP contribution in [0.3, 0.4) is 0 Å². The van der Waals surface area contributed by atoms with Gasteiger partial charge in [0.25, 0.3) is 0 Å². The fraction of sp³-hybridized carbons (Fsp3) is 0.140. The monoisotopic (exact) mass is 1140 g/mol. The number of hydrogen-bond acceptors (Lipinski definition) is 6. The molecule has 4 saturated heterocycles. The molecular weight excluding hydrogens is 1120 g/mol. The topological polar surface area (TPSA) is 62.7 Å². The number of aromatic nitrogens is 2. The van der Waals surface area contributed by atoms with E-state index >= 15 is 0 Å². The van der Waals surface area contributed by atoms with Crippen LogP contribution in [-0.4, -0.2) is 23.2 Å². The molecule has 92 heavy (non-hydrogen) atoms. The van der Waals surface area contributed by atoms with E-state index in [4.69, 9.17) is 9.97 Å². The smallest absolute Gasteiger partial charge is 0.150 e. The van der Waals surface area contributed by atoms with Gasteiger partial charge in [-0.05, 0) is 315 Å². The Morgan fingerprint density at radius 2 is 0.457 bits per heavy atom. The molecule has 0 radical (unpaired) electrons. The molecule has 0 N–H and O–H groups in total. The molecule has 6 heteroatoms. The lowest BCUT2D eigenvalue weighted by Crippen LogP contribution is -2.92. The second kappa shape index (κ2) is 7.87. The minimum absolute atomic E-state index is 0.403. The molecule has 7 heterocycles. The molecule has 29 aromatic rings. The van der Waals surface area contributed by atoms with Gasteiger partial charge in [0.15, 0.2) is 11.2 Å². The summed E-state index contributed by atoms with van der Waals surface area (Å²) in [5.74, 6) is 0. The van der Waals surface area contributed by atoms with Crippen LogP contribution in [0.5, 0.6) is 0 Å². The van der Waals surface area contributed by atoms with Gasteiger partial charge >= 0.3 is 0 Å². The van der Waals surface area contributed by atoms with Crippen LogP contribution in [0.1, 0.15) is 67.0 Å². The zero-order valence-electron chi connectivity index (χ0n) is 46.9. The molecule has 16 aliphatic rings. The van der Waals surface area contributed by atoms with Crippen molar-refractivity contribution in [2.24, 2.45) is 0 Å². The highest BCUT2D eigenvalue weighted by Gasteiger charge is 3.16. The summed E-state index contributed by atoms with van der Waals surface area (Å²) >= 11 is 0. The van der Waals surface area contributed by atoms with Gasteiger partial charge in [-0.1, -0.05) is 60.7 Å². The predicted molar refractivity (Wildman–Crippen MR) is 357 cm³/mol. The molecule has 4 bridgehead atoms. The first-order chi connectivity index (χ1) is 45.7. The highest BCUT2D eigenvalue weighted by molar-refractivity contribution is 6.80. The minimum atomic E-state index is -1.20. The van der Waals surface area contributed by atoms with Crippen LogP contribution in [0.4, 0.5) is 0 Å². The quantitative estimate of drug-likeness (QED) is 0.141. The molecule has 1 saturated carbocycles. The maximum absolute atomic E-state index is 9.62. The van der Waals surface area contributed by atoms with Crippen molar-refractivity contribution < 1.29 is 18.9 Å². The van der Waals surface area contributed by atoms with E-state index < -0.39 is 55.3 Å². The third-order valence-electron chi connectivity index (χ3n) is 34.6. The Labute approximate surface area is 503 Å². The number of hydrogen-bond donors (Lipinski definition) is 0. The van der Waals surface area contributed by atoms with E-state index in [1.807, 2.05) is 0 Å². The lowest BCUT2D eigenvalue weighted by Gasteiger charge is -2.80. The number of fused-ring (bicyclic) bond motifs is 2. The van der Waals surface area contributed by atoms with E-state index in [2.05, 4.69) is 72.8 Å². The Morgan fingerprint density at radius 1 is 0.228 bits per heavy atom. The summed E-state index contributed by atoms with van der Waals surface area (Å²) in [6.07, 6.45) is 0. The lowest BCUT2D eigenvalue weighted by molar-refractivity contribution is -0.300. The number of nitrogens with zero attached hydrogens (tertiary/aromatic N) is 2. The molecule has 6 aliphatic heterocycles. The molecule has 10 unspecified atom stereocenters. The molecule has 10 spiro atoms. The molecule has 5 fully saturated rings. The average molecular weight is 1140 g/mol. The molecule has 0 amide bonds. The normalized spacial score (nSPS) is 35.8. The fourth-order valence-corrected chi connectivity index (χ4v) is 35.5. The first-order valence-corrected chi connectivity index (χ1v) is 34.1. The second-order valence-electron chi connectivity index (χ2n) is 33.9. The van der Waals surface area contributed by atoms with E-state index in [1.165, 1.54) is 65.7 Å². The van der Waals surface area contributed by atoms with Crippen LogP contribution < -0.4 is 0 Å². The van der Waals surface area contributed by atoms with Crippen LogP contribution in [0, 0.1) is 0 Å². The van der Waals surface area contributed by atoms with Gasteiger partial charge in [0, 0.05) is 11.1 Å². The van der Waals surface area contributed by atoms with E-state index in [0.29, 0.717) is 13.2 Å². The zero-order valence-corrected chi connectivity index (χ0v) is 46.9. The van der Waals surface area contributed by atoms with Crippen molar-refractivity contribution in [3.8, 4) is 0 Å². The first kappa shape index (κ1) is 35.4. The van der Waals surface area contributed by atoms with Crippen molar-refractivity contribution in [3.63, 3.8) is 0 Å². The molecule has 28 aromatic carbocycles. The Hall–Kier alpha value is -10.2. The largest absolute Gasteiger partial charge is 0.362 e. The number of ether oxygens (including phenoxy) is 4. The van der Waals surface area contributed by atoms with Crippen LogP contribution in [0.15, 0.2) is 72.8 Å². The Balaban J connectivity index is 1.01. The van der Waals surface area contributed by atoms with Crippen molar-refractivity contribution in [3.05, 3.63) is 140 Å². The maximum Gasteiger partial charge on any atom is 0.150 e. The minimum Gasteiger partial charge on any atom is -0.362 e. The predicted octanol–water partition coefficient (Wildman–Crippen LogP) is 18.0. The summed E-state index contributed by atoms with van der Waals surface area (Å²) in [5.41, 5.74) is 7.49. The number of para-hydroxylation sites is 2. The van der Waals surface area contributed by atoms with E-state index in [-0.39, 0.29) is 0 Å². The van der Waals surface area contributed by atoms with Gasteiger partial charge in [0.05, 0.1) is 45.9 Å². The van der Waals surface area contributed by atoms with Crippen molar-refractivity contribution >= 4 is 270 Å². The standard InChI is InChI=1S/C86H16N2O4/c1-3-9-17-15(7-1)77-13-89-85-73-64-55-44-35-31-25-23-21-22-24-26(25)32(35)41-39-30(24)34-28(22)37-36-27(21)33-29(23)38-40(31)49(55)58-47(38)51-42(33)53-45(36)57-46(37)54-43(34)52-48(39)59-50(41)56(44)65(64)74-68(59)70-61(52)63(54)72-66(57)71-62(53)60(51)69(67(58)73)81(77,85)83(71)79(17,91-77)75-76(88-20-12-6-5-11-19(20)87-75)80-18-10-4-2-8-16(18)78(92-80)14-90-86(74,85)82(70,78)84(72,80)83/h1-12H,13-14H2. The fourth-order valence-electron chi connectivity index (χ4n) is 35.5. The molecule has 6 nitrogen and oxygen atoms in total. The van der Waals surface area contributed by atoms with Gasteiger partial charge in [0.1, 0.15) is 33.8 Å². The van der Waals surface area contributed by atoms with Crippen molar-refractivity contribution in [1.82, 2.24) is 9.97 Å². The molecule has 394 valence electrons. The molecule has 45 rings (SSSR count). The van der Waals surface area contributed by atoms with Gasteiger partial charge in [-0.15, -0.1) is 0 Å². The third-order valence-corrected chi connectivity index (χ3v) is 34.6. The number of benzene rings is 19. The van der Waals surface area contributed by atoms with E-state index in [0.717, 1.165) is 22.4 Å². The molecule has 10 aliphatic carbocycles. The Kier molecular flexibility index (Phi) is 3.03. The van der Waals surface area contributed by atoms with Crippen molar-refractivity contribution in [2.75, 3.05) is 13.2 Å². The number of rotatable bonds is 0. The Bertz CT molecular complexity index is 8800. The summed E-state index contributed by atoms with van der Waals surface area (Å²) < 4.78 is 38.0. The van der Waals surface area contributed by atoms with Gasteiger partial charge in [0.2, 0.25) is 0 Å². The van der Waals surface area contributed by atoms with Crippen LogP contribution in [0.2, 0.25) is 0 Å². The maximum atomic E-state index is 9.62. The van der Waals surface area contributed by atoms with Gasteiger partial charge in [-0.2, -0.15) is 0 Å². The third kappa shape index (κ3) is 1.73. The summed E-state index contributed by atoms with van der Waals surface area (Å²) in [5, 5.41) is 75.2. The first-order valence-electron chi connectivity index (χ1n) is 34.1. The second-order valence-corrected chi connectivity index (χ2v) is 33.9. The van der Waals surface area contributed by atoms with E-state index in [1.54, 1.807) is 248 Å². The van der Waals surface area contributed by atoms with Crippen LogP contribution >= 0.6 is 0 Å². The van der Waals surface area contributed by atoms with Crippen LogP contribution in [0.25, 0.3) is 270 Å². The highest BCUT2D eigenvalue weighted by atomic mass is 16.6. The molecule has 10 atom stereocenters. The summed E-state index contributed by atoms with van der Waals surface area (Å²) in [6, 6.07) is 28.4. The van der Waals surface area contributed by atoms with Crippen LogP contribution in [-0.2, 0) is 74.2 Å².